The van der Waals surface area contributed by atoms with Crippen molar-refractivity contribution in [1.82, 2.24) is 0 Å². The SMILES string of the molecule is C=CC(CCCOOC(=O)O)c1ccccc1. The van der Waals surface area contributed by atoms with Gasteiger partial charge in [-0.25, -0.2) is 4.79 Å². The van der Waals surface area contributed by atoms with E-state index in [4.69, 9.17) is 5.11 Å². The summed E-state index contributed by atoms with van der Waals surface area (Å²) in [4.78, 5) is 18.5. The average Bonchev–Trinajstić information content (AvgIpc) is 2.34. The third-order valence-corrected chi connectivity index (χ3v) is 2.39. The van der Waals surface area contributed by atoms with Crippen molar-refractivity contribution in [2.45, 2.75) is 18.8 Å². The van der Waals surface area contributed by atoms with Crippen LogP contribution in [0.2, 0.25) is 0 Å². The number of hydrogen-bond acceptors (Lipinski definition) is 3. The molecule has 4 nitrogen and oxygen atoms in total. The van der Waals surface area contributed by atoms with E-state index in [1.165, 1.54) is 5.56 Å². The molecule has 0 aliphatic carbocycles. The van der Waals surface area contributed by atoms with Crippen LogP contribution in [-0.4, -0.2) is 17.9 Å². The van der Waals surface area contributed by atoms with Gasteiger partial charge in [0.1, 0.15) is 0 Å². The second-order valence-corrected chi connectivity index (χ2v) is 3.57. The molecule has 1 aromatic rings. The molecular weight excluding hydrogens is 220 g/mol. The standard InChI is InChI=1S/C13H16O4/c1-2-11(12-7-4-3-5-8-12)9-6-10-16-17-13(14)15/h2-5,7-8,11H,1,6,9-10H2,(H,14,15). The summed E-state index contributed by atoms with van der Waals surface area (Å²) in [6.45, 7) is 4.05. The molecule has 17 heavy (non-hydrogen) atoms. The van der Waals surface area contributed by atoms with Gasteiger partial charge in [-0.05, 0) is 18.4 Å². The average molecular weight is 236 g/mol. The molecule has 0 amide bonds. The molecule has 1 N–H and O–H groups in total. The van der Waals surface area contributed by atoms with Gasteiger partial charge < -0.3 is 5.11 Å². The van der Waals surface area contributed by atoms with E-state index < -0.39 is 6.16 Å². The fourth-order valence-electron chi connectivity index (χ4n) is 1.58. The minimum atomic E-state index is -1.42. The molecule has 0 aliphatic rings. The van der Waals surface area contributed by atoms with E-state index in [2.05, 4.69) is 16.4 Å². The number of rotatable bonds is 7. The summed E-state index contributed by atoms with van der Waals surface area (Å²) in [5.74, 6) is 0.254. The Bertz CT molecular complexity index is 348. The highest BCUT2D eigenvalue weighted by Crippen LogP contribution is 2.21. The van der Waals surface area contributed by atoms with Crippen molar-refractivity contribution in [2.75, 3.05) is 6.61 Å². The van der Waals surface area contributed by atoms with Gasteiger partial charge in [0.2, 0.25) is 0 Å². The third kappa shape index (κ3) is 5.17. The Morgan fingerprint density at radius 1 is 1.41 bits per heavy atom. The Morgan fingerprint density at radius 3 is 2.71 bits per heavy atom. The quantitative estimate of drug-likeness (QED) is 0.341. The molecule has 0 fully saturated rings. The normalized spacial score (nSPS) is 11.8. The Hall–Kier alpha value is -1.81. The van der Waals surface area contributed by atoms with Gasteiger partial charge in [0.15, 0.2) is 0 Å². The number of hydrogen-bond donors (Lipinski definition) is 1. The largest absolute Gasteiger partial charge is 0.537 e. The van der Waals surface area contributed by atoms with Crippen LogP contribution in [0.1, 0.15) is 24.3 Å². The van der Waals surface area contributed by atoms with Crippen LogP contribution < -0.4 is 0 Å². The van der Waals surface area contributed by atoms with Gasteiger partial charge in [-0.15, -0.1) is 6.58 Å². The Balaban J connectivity index is 2.29. The van der Waals surface area contributed by atoms with E-state index >= 15 is 0 Å². The van der Waals surface area contributed by atoms with Crippen LogP contribution in [0.5, 0.6) is 0 Å². The summed E-state index contributed by atoms with van der Waals surface area (Å²) >= 11 is 0. The van der Waals surface area contributed by atoms with Crippen molar-refractivity contribution in [3.05, 3.63) is 48.6 Å². The molecule has 0 saturated carbocycles. The smallest absolute Gasteiger partial charge is 0.448 e. The van der Waals surface area contributed by atoms with E-state index in [9.17, 15) is 4.79 Å². The van der Waals surface area contributed by atoms with Crippen LogP contribution in [0.3, 0.4) is 0 Å². The van der Waals surface area contributed by atoms with Gasteiger partial charge in [-0.1, -0.05) is 36.4 Å². The first-order valence-electron chi connectivity index (χ1n) is 5.44. The predicted octanol–water partition coefficient (Wildman–Crippen LogP) is 3.36. The van der Waals surface area contributed by atoms with Crippen molar-refractivity contribution in [3.63, 3.8) is 0 Å². The highest BCUT2D eigenvalue weighted by atomic mass is 17.2. The minimum absolute atomic E-state index is 0.253. The summed E-state index contributed by atoms with van der Waals surface area (Å²) in [7, 11) is 0. The monoisotopic (exact) mass is 236 g/mol. The molecule has 0 radical (unpaired) electrons. The van der Waals surface area contributed by atoms with Crippen molar-refractivity contribution in [1.29, 1.82) is 0 Å². The fraction of sp³-hybridized carbons (Fsp3) is 0.308. The first-order chi connectivity index (χ1) is 8.24. The van der Waals surface area contributed by atoms with Crippen LogP contribution >= 0.6 is 0 Å². The molecule has 4 heteroatoms. The van der Waals surface area contributed by atoms with Crippen LogP contribution in [0.25, 0.3) is 0 Å². The first-order valence-corrected chi connectivity index (χ1v) is 5.44. The molecule has 0 heterocycles. The summed E-state index contributed by atoms with van der Waals surface area (Å²) in [5.41, 5.74) is 1.20. The zero-order valence-electron chi connectivity index (χ0n) is 9.54. The number of carboxylic acid groups (broad SMARTS) is 1. The summed E-state index contributed by atoms with van der Waals surface area (Å²) in [6, 6.07) is 10.0. The lowest BCUT2D eigenvalue weighted by Gasteiger charge is -2.12. The maximum atomic E-state index is 10.0. The summed E-state index contributed by atoms with van der Waals surface area (Å²) < 4.78 is 0. The lowest BCUT2D eigenvalue weighted by atomic mass is 9.95. The molecule has 0 aliphatic heterocycles. The van der Waals surface area contributed by atoms with Crippen LogP contribution in [0, 0.1) is 0 Å². The molecule has 1 aromatic carbocycles. The molecule has 1 atom stereocenters. The second-order valence-electron chi connectivity index (χ2n) is 3.57. The van der Waals surface area contributed by atoms with Gasteiger partial charge in [-0.2, -0.15) is 4.89 Å². The highest BCUT2D eigenvalue weighted by Gasteiger charge is 2.07. The molecule has 0 aromatic heterocycles. The maximum Gasteiger partial charge on any atom is 0.537 e. The number of allylic oxidation sites excluding steroid dienone is 1. The second kappa shape index (κ2) is 7.46. The molecular formula is C13H16O4. The fourth-order valence-corrected chi connectivity index (χ4v) is 1.58. The number of carbonyl (C=O) groups is 1. The Labute approximate surface area is 100 Å². The highest BCUT2D eigenvalue weighted by molar-refractivity contribution is 5.55. The van der Waals surface area contributed by atoms with Gasteiger partial charge in [0.25, 0.3) is 0 Å². The van der Waals surface area contributed by atoms with Crippen LogP contribution in [0.15, 0.2) is 43.0 Å². The van der Waals surface area contributed by atoms with Crippen molar-refractivity contribution >= 4 is 6.16 Å². The molecule has 1 unspecified atom stereocenters. The first kappa shape index (κ1) is 13.3. The predicted molar refractivity (Wildman–Crippen MR) is 63.7 cm³/mol. The topological polar surface area (TPSA) is 55.8 Å². The zero-order chi connectivity index (χ0) is 12.5. The summed E-state index contributed by atoms with van der Waals surface area (Å²) in [6.07, 6.45) is 2.01. The Morgan fingerprint density at radius 2 is 2.12 bits per heavy atom. The van der Waals surface area contributed by atoms with Crippen molar-refractivity contribution in [3.8, 4) is 0 Å². The van der Waals surface area contributed by atoms with E-state index in [0.717, 1.165) is 6.42 Å². The maximum absolute atomic E-state index is 10.0. The van der Waals surface area contributed by atoms with Crippen LogP contribution in [-0.2, 0) is 9.78 Å². The van der Waals surface area contributed by atoms with E-state index in [1.807, 2.05) is 36.4 Å². The minimum Gasteiger partial charge on any atom is -0.448 e. The van der Waals surface area contributed by atoms with E-state index in [0.29, 0.717) is 6.42 Å². The molecule has 1 rings (SSSR count). The summed E-state index contributed by atoms with van der Waals surface area (Å²) in [5, 5.41) is 8.18. The number of benzene rings is 1. The Kier molecular flexibility index (Phi) is 5.82. The molecule has 0 bridgehead atoms. The van der Waals surface area contributed by atoms with E-state index in [1.54, 1.807) is 0 Å². The molecule has 0 saturated heterocycles. The van der Waals surface area contributed by atoms with Gasteiger partial charge in [-0.3, -0.25) is 4.89 Å². The van der Waals surface area contributed by atoms with Crippen LogP contribution in [0.4, 0.5) is 4.79 Å². The molecule has 0 spiro atoms. The van der Waals surface area contributed by atoms with Crippen molar-refractivity contribution in [2.24, 2.45) is 0 Å². The van der Waals surface area contributed by atoms with E-state index in [-0.39, 0.29) is 12.5 Å². The third-order valence-electron chi connectivity index (χ3n) is 2.39. The lowest BCUT2D eigenvalue weighted by Crippen LogP contribution is -2.04. The van der Waals surface area contributed by atoms with Crippen molar-refractivity contribution < 1.29 is 19.7 Å². The van der Waals surface area contributed by atoms with Gasteiger partial charge >= 0.3 is 6.16 Å². The zero-order valence-corrected chi connectivity index (χ0v) is 9.54. The molecule has 92 valence electrons. The van der Waals surface area contributed by atoms with Gasteiger partial charge in [0.05, 0.1) is 6.61 Å². The lowest BCUT2D eigenvalue weighted by molar-refractivity contribution is -0.251. The van der Waals surface area contributed by atoms with Gasteiger partial charge in [0, 0.05) is 5.92 Å².